The molecule has 0 fully saturated rings. The summed E-state index contributed by atoms with van der Waals surface area (Å²) in [6.07, 6.45) is 1.10. The van der Waals surface area contributed by atoms with Crippen LogP contribution in [-0.2, 0) is 22.6 Å². The van der Waals surface area contributed by atoms with Crippen LogP contribution in [0.25, 0.3) is 0 Å². The van der Waals surface area contributed by atoms with Gasteiger partial charge >= 0.3 is 0 Å². The lowest BCUT2D eigenvalue weighted by atomic mass is 10.0. The molecular weight excluding hydrogens is 384 g/mol. The minimum Gasteiger partial charge on any atom is -0.352 e. The number of hydrogen-bond donors (Lipinski definition) is 1. The predicted octanol–water partition coefficient (Wildman–Crippen LogP) is 4.83. The summed E-state index contributed by atoms with van der Waals surface area (Å²) in [5.74, 6) is -0.211. The van der Waals surface area contributed by atoms with Crippen molar-refractivity contribution in [3.8, 4) is 0 Å². The van der Waals surface area contributed by atoms with E-state index in [9.17, 15) is 9.59 Å². The quantitative estimate of drug-likeness (QED) is 0.672. The molecule has 2 amide bonds. The molecule has 5 heteroatoms. The second-order valence-electron chi connectivity index (χ2n) is 7.74. The number of carbonyl (C=O) groups excluding carboxylic acids is 2. The lowest BCUT2D eigenvalue weighted by molar-refractivity contribution is -0.140. The van der Waals surface area contributed by atoms with E-state index in [4.69, 9.17) is 11.6 Å². The zero-order valence-electron chi connectivity index (χ0n) is 18.0. The molecule has 0 saturated carbocycles. The van der Waals surface area contributed by atoms with Gasteiger partial charge in [0.05, 0.1) is 6.42 Å². The molecule has 0 unspecified atom stereocenters. The Balaban J connectivity index is 2.23. The van der Waals surface area contributed by atoms with Gasteiger partial charge in [0.1, 0.15) is 6.04 Å². The van der Waals surface area contributed by atoms with E-state index in [-0.39, 0.29) is 24.3 Å². The molecule has 0 saturated heterocycles. The molecule has 156 valence electrons. The van der Waals surface area contributed by atoms with E-state index >= 15 is 0 Å². The number of aryl methyl sites for hydroxylation is 2. The van der Waals surface area contributed by atoms with Crippen molar-refractivity contribution in [1.29, 1.82) is 0 Å². The molecule has 1 N–H and O–H groups in total. The standard InChI is InChI=1S/C24H31ClN2O2/c1-6-18(4)26-24(29)19(5)27(15-20-9-11-22(25)12-10-20)23(28)14-21-8-7-16(2)17(3)13-21/h7-13,18-19H,6,14-15H2,1-5H3,(H,26,29)/t18-,19+/m0/s1. The van der Waals surface area contributed by atoms with E-state index in [2.05, 4.69) is 12.2 Å². The number of carbonyl (C=O) groups is 2. The number of amides is 2. The Morgan fingerprint density at radius 2 is 1.62 bits per heavy atom. The smallest absolute Gasteiger partial charge is 0.242 e. The molecule has 29 heavy (non-hydrogen) atoms. The first-order chi connectivity index (χ1) is 13.7. The summed E-state index contributed by atoms with van der Waals surface area (Å²) >= 11 is 5.99. The molecule has 0 aromatic heterocycles. The number of halogens is 1. The number of nitrogens with one attached hydrogen (secondary N) is 1. The van der Waals surface area contributed by atoms with Crippen molar-refractivity contribution in [3.63, 3.8) is 0 Å². The van der Waals surface area contributed by atoms with Crippen LogP contribution in [0.4, 0.5) is 0 Å². The monoisotopic (exact) mass is 414 g/mol. The van der Waals surface area contributed by atoms with Crippen LogP contribution in [0.15, 0.2) is 42.5 Å². The summed E-state index contributed by atoms with van der Waals surface area (Å²) in [7, 11) is 0. The molecule has 4 nitrogen and oxygen atoms in total. The lowest BCUT2D eigenvalue weighted by Crippen LogP contribution is -2.49. The fourth-order valence-electron chi connectivity index (χ4n) is 3.02. The zero-order valence-corrected chi connectivity index (χ0v) is 18.7. The molecule has 0 spiro atoms. The van der Waals surface area contributed by atoms with Crippen LogP contribution in [0.1, 0.15) is 49.4 Å². The van der Waals surface area contributed by atoms with Crippen LogP contribution in [0.5, 0.6) is 0 Å². The number of benzene rings is 2. The Kier molecular flexibility index (Phi) is 8.27. The summed E-state index contributed by atoms with van der Waals surface area (Å²) in [5.41, 5.74) is 4.24. The average molecular weight is 415 g/mol. The third-order valence-electron chi connectivity index (χ3n) is 5.36. The predicted molar refractivity (Wildman–Crippen MR) is 119 cm³/mol. The minimum atomic E-state index is -0.571. The molecule has 0 aliphatic carbocycles. The fourth-order valence-corrected chi connectivity index (χ4v) is 3.15. The highest BCUT2D eigenvalue weighted by atomic mass is 35.5. The molecule has 2 aromatic carbocycles. The van der Waals surface area contributed by atoms with Crippen molar-refractivity contribution in [2.24, 2.45) is 0 Å². The van der Waals surface area contributed by atoms with Crippen LogP contribution in [0, 0.1) is 13.8 Å². The minimum absolute atomic E-state index is 0.0668. The molecule has 2 rings (SSSR count). The van der Waals surface area contributed by atoms with Crippen molar-refractivity contribution < 1.29 is 9.59 Å². The fraction of sp³-hybridized carbons (Fsp3) is 0.417. The van der Waals surface area contributed by atoms with Crippen molar-refractivity contribution in [1.82, 2.24) is 10.2 Å². The first-order valence-corrected chi connectivity index (χ1v) is 10.5. The highest BCUT2D eigenvalue weighted by molar-refractivity contribution is 6.30. The molecule has 2 aromatic rings. The maximum atomic E-state index is 13.2. The van der Waals surface area contributed by atoms with E-state index in [0.717, 1.165) is 23.1 Å². The van der Waals surface area contributed by atoms with Gasteiger partial charge in [-0.2, -0.15) is 0 Å². The first-order valence-electron chi connectivity index (χ1n) is 10.1. The van der Waals surface area contributed by atoms with Crippen LogP contribution in [0.2, 0.25) is 5.02 Å². The largest absolute Gasteiger partial charge is 0.352 e. The first kappa shape index (κ1) is 23.0. The normalized spacial score (nSPS) is 12.9. The van der Waals surface area contributed by atoms with Crippen LogP contribution < -0.4 is 5.32 Å². The van der Waals surface area contributed by atoms with Gasteiger partial charge in [0.15, 0.2) is 0 Å². The van der Waals surface area contributed by atoms with Gasteiger partial charge in [-0.25, -0.2) is 0 Å². The number of nitrogens with zero attached hydrogens (tertiary/aromatic N) is 1. The second kappa shape index (κ2) is 10.4. The van der Waals surface area contributed by atoms with E-state index in [1.165, 1.54) is 5.56 Å². The summed E-state index contributed by atoms with van der Waals surface area (Å²) in [4.78, 5) is 27.6. The highest BCUT2D eigenvalue weighted by Gasteiger charge is 2.26. The molecule has 0 bridgehead atoms. The van der Waals surface area contributed by atoms with Crippen LogP contribution >= 0.6 is 11.6 Å². The van der Waals surface area contributed by atoms with E-state index in [0.29, 0.717) is 11.6 Å². The Labute approximate surface area is 179 Å². The average Bonchev–Trinajstić information content (AvgIpc) is 2.69. The third-order valence-corrected chi connectivity index (χ3v) is 5.61. The van der Waals surface area contributed by atoms with Crippen molar-refractivity contribution >= 4 is 23.4 Å². The zero-order chi connectivity index (χ0) is 21.6. The molecule has 0 radical (unpaired) electrons. The molecule has 0 aliphatic rings. The number of hydrogen-bond acceptors (Lipinski definition) is 2. The Morgan fingerprint density at radius 3 is 2.21 bits per heavy atom. The van der Waals surface area contributed by atoms with Gasteiger partial charge in [-0.1, -0.05) is 48.9 Å². The maximum Gasteiger partial charge on any atom is 0.242 e. The van der Waals surface area contributed by atoms with Crippen molar-refractivity contribution in [2.45, 2.75) is 66.1 Å². The van der Waals surface area contributed by atoms with Crippen molar-refractivity contribution in [3.05, 3.63) is 69.7 Å². The van der Waals surface area contributed by atoms with E-state index in [1.807, 2.05) is 51.1 Å². The second-order valence-corrected chi connectivity index (χ2v) is 8.17. The Hall–Kier alpha value is -2.33. The van der Waals surface area contributed by atoms with E-state index < -0.39 is 6.04 Å². The van der Waals surface area contributed by atoms with Gasteiger partial charge in [0.2, 0.25) is 11.8 Å². The van der Waals surface area contributed by atoms with Gasteiger partial charge < -0.3 is 10.2 Å². The van der Waals surface area contributed by atoms with E-state index in [1.54, 1.807) is 24.0 Å². The Morgan fingerprint density at radius 1 is 1.00 bits per heavy atom. The molecule has 0 aliphatic heterocycles. The summed E-state index contributed by atoms with van der Waals surface area (Å²) in [6.45, 7) is 10.2. The Bertz CT molecular complexity index is 848. The third kappa shape index (κ3) is 6.60. The highest BCUT2D eigenvalue weighted by Crippen LogP contribution is 2.17. The van der Waals surface area contributed by atoms with Gasteiger partial charge in [-0.15, -0.1) is 0 Å². The summed E-state index contributed by atoms with van der Waals surface area (Å²) in [6, 6.07) is 12.9. The van der Waals surface area contributed by atoms with Gasteiger partial charge in [0, 0.05) is 17.6 Å². The molecule has 2 atom stereocenters. The molecular formula is C24H31ClN2O2. The topological polar surface area (TPSA) is 49.4 Å². The van der Waals surface area contributed by atoms with Gasteiger partial charge in [-0.3, -0.25) is 9.59 Å². The lowest BCUT2D eigenvalue weighted by Gasteiger charge is -2.30. The summed E-state index contributed by atoms with van der Waals surface area (Å²) in [5, 5.41) is 3.63. The summed E-state index contributed by atoms with van der Waals surface area (Å²) < 4.78 is 0. The number of rotatable bonds is 8. The molecule has 0 heterocycles. The SMILES string of the molecule is CC[C@H](C)NC(=O)[C@@H](C)N(Cc1ccc(Cl)cc1)C(=O)Cc1ccc(C)c(C)c1. The van der Waals surface area contributed by atoms with Crippen LogP contribution in [-0.4, -0.2) is 28.8 Å². The van der Waals surface area contributed by atoms with Gasteiger partial charge in [-0.05, 0) is 68.5 Å². The maximum absolute atomic E-state index is 13.2. The van der Waals surface area contributed by atoms with Crippen LogP contribution in [0.3, 0.4) is 0 Å². The van der Waals surface area contributed by atoms with Gasteiger partial charge in [0.25, 0.3) is 0 Å². The van der Waals surface area contributed by atoms with Crippen molar-refractivity contribution in [2.75, 3.05) is 0 Å².